The van der Waals surface area contributed by atoms with Crippen molar-refractivity contribution in [3.8, 4) is 0 Å². The summed E-state index contributed by atoms with van der Waals surface area (Å²) >= 11 is 0. The van der Waals surface area contributed by atoms with Crippen molar-refractivity contribution in [3.63, 3.8) is 0 Å². The Bertz CT molecular complexity index is 243. The van der Waals surface area contributed by atoms with Crippen LogP contribution in [0.15, 0.2) is 0 Å². The van der Waals surface area contributed by atoms with Gasteiger partial charge in [0.15, 0.2) is 9.84 Å². The molecule has 0 spiro atoms. The van der Waals surface area contributed by atoms with Crippen LogP contribution < -0.4 is 0 Å². The lowest BCUT2D eigenvalue weighted by Crippen LogP contribution is -2.29. The third-order valence-electron chi connectivity index (χ3n) is 2.42. The Morgan fingerprint density at radius 1 is 1.15 bits per heavy atom. The van der Waals surface area contributed by atoms with Crippen molar-refractivity contribution in [2.75, 3.05) is 5.75 Å². The summed E-state index contributed by atoms with van der Waals surface area (Å²) in [7, 11) is -3.53. The van der Waals surface area contributed by atoms with Gasteiger partial charge in [0.25, 0.3) is 6.43 Å². The highest BCUT2D eigenvalue weighted by molar-refractivity contribution is 7.92. The second-order valence-electron chi connectivity index (χ2n) is 3.48. The second-order valence-corrected chi connectivity index (χ2v) is 5.81. The van der Waals surface area contributed by atoms with Gasteiger partial charge < -0.3 is 0 Å². The molecule has 1 rings (SSSR count). The van der Waals surface area contributed by atoms with Gasteiger partial charge in [0.1, 0.15) is 5.75 Å². The Kier molecular flexibility index (Phi) is 3.64. The molecule has 0 bridgehead atoms. The van der Waals surface area contributed by atoms with Gasteiger partial charge in [-0.3, -0.25) is 0 Å². The molecular formula is C8H14F2O2S. The fourth-order valence-corrected chi connectivity index (χ4v) is 3.41. The van der Waals surface area contributed by atoms with Crippen LogP contribution in [0, 0.1) is 0 Å². The van der Waals surface area contributed by atoms with Crippen molar-refractivity contribution in [2.45, 2.75) is 43.8 Å². The molecule has 0 aromatic heterocycles. The number of rotatable bonds is 3. The van der Waals surface area contributed by atoms with E-state index in [0.717, 1.165) is 19.3 Å². The molecule has 0 aliphatic heterocycles. The first-order valence-electron chi connectivity index (χ1n) is 4.52. The summed E-state index contributed by atoms with van der Waals surface area (Å²) in [5.74, 6) is -0.961. The van der Waals surface area contributed by atoms with E-state index in [1.54, 1.807) is 0 Å². The Morgan fingerprint density at radius 3 is 2.15 bits per heavy atom. The summed E-state index contributed by atoms with van der Waals surface area (Å²) in [6, 6.07) is 0. The molecular weight excluding hydrogens is 198 g/mol. The van der Waals surface area contributed by atoms with Gasteiger partial charge in [0.05, 0.1) is 5.25 Å². The first-order valence-corrected chi connectivity index (χ1v) is 6.23. The predicted molar refractivity (Wildman–Crippen MR) is 46.7 cm³/mol. The van der Waals surface area contributed by atoms with E-state index in [9.17, 15) is 17.2 Å². The minimum Gasteiger partial charge on any atom is -0.228 e. The quantitative estimate of drug-likeness (QED) is 0.717. The van der Waals surface area contributed by atoms with Gasteiger partial charge in [0, 0.05) is 0 Å². The number of hydrogen-bond acceptors (Lipinski definition) is 2. The smallest absolute Gasteiger partial charge is 0.228 e. The van der Waals surface area contributed by atoms with Crippen LogP contribution in [0.1, 0.15) is 32.1 Å². The lowest BCUT2D eigenvalue weighted by Gasteiger charge is -2.21. The summed E-state index contributed by atoms with van der Waals surface area (Å²) in [5.41, 5.74) is 0. The van der Waals surface area contributed by atoms with E-state index in [-0.39, 0.29) is 0 Å². The fraction of sp³-hybridized carbons (Fsp3) is 1.00. The monoisotopic (exact) mass is 212 g/mol. The fourth-order valence-electron chi connectivity index (χ4n) is 1.74. The Hall–Kier alpha value is -0.190. The van der Waals surface area contributed by atoms with Crippen molar-refractivity contribution < 1.29 is 17.2 Å². The van der Waals surface area contributed by atoms with E-state index >= 15 is 0 Å². The lowest BCUT2D eigenvalue weighted by atomic mass is 10.0. The summed E-state index contributed by atoms with van der Waals surface area (Å²) in [6.45, 7) is 0. The maximum Gasteiger partial charge on any atom is 0.252 e. The van der Waals surface area contributed by atoms with Gasteiger partial charge in [0.2, 0.25) is 0 Å². The van der Waals surface area contributed by atoms with Crippen LogP contribution in [0.2, 0.25) is 0 Å². The molecule has 13 heavy (non-hydrogen) atoms. The normalized spacial score (nSPS) is 20.8. The van der Waals surface area contributed by atoms with E-state index in [1.807, 2.05) is 0 Å². The molecule has 5 heteroatoms. The Balaban J connectivity index is 2.57. The third-order valence-corrected chi connectivity index (χ3v) is 4.62. The van der Waals surface area contributed by atoms with Crippen LogP contribution >= 0.6 is 0 Å². The zero-order valence-electron chi connectivity index (χ0n) is 7.38. The molecule has 78 valence electrons. The van der Waals surface area contributed by atoms with E-state index in [0.29, 0.717) is 12.8 Å². The van der Waals surface area contributed by atoms with Crippen molar-refractivity contribution in [3.05, 3.63) is 0 Å². The zero-order valence-corrected chi connectivity index (χ0v) is 8.19. The highest BCUT2D eigenvalue weighted by Crippen LogP contribution is 2.24. The molecule has 0 unspecified atom stereocenters. The number of alkyl halides is 2. The van der Waals surface area contributed by atoms with E-state index < -0.39 is 27.3 Å². The average Bonchev–Trinajstić information content (AvgIpc) is 2.04. The molecule has 2 nitrogen and oxygen atoms in total. The molecule has 0 radical (unpaired) electrons. The highest BCUT2D eigenvalue weighted by atomic mass is 32.2. The molecule has 1 aliphatic rings. The molecule has 0 aromatic rings. The minimum absolute atomic E-state index is 0.504. The molecule has 0 saturated heterocycles. The SMILES string of the molecule is O=S(=O)(CC(F)F)C1CCCCC1. The largest absolute Gasteiger partial charge is 0.252 e. The summed E-state index contributed by atoms with van der Waals surface area (Å²) in [5, 5.41) is -0.504. The first kappa shape index (κ1) is 10.9. The number of halogens is 2. The Labute approximate surface area is 77.2 Å². The maximum atomic E-state index is 11.9. The molecule has 0 aromatic carbocycles. The molecule has 1 aliphatic carbocycles. The zero-order chi connectivity index (χ0) is 9.90. The molecule has 0 heterocycles. The standard InChI is InChI=1S/C8H14F2O2S/c9-8(10)6-13(11,12)7-4-2-1-3-5-7/h7-8H,1-6H2. The molecule has 0 amide bonds. The van der Waals surface area contributed by atoms with Crippen LogP contribution in [0.4, 0.5) is 8.78 Å². The number of hydrogen-bond donors (Lipinski definition) is 0. The molecule has 1 saturated carbocycles. The van der Waals surface area contributed by atoms with E-state index in [1.165, 1.54) is 0 Å². The minimum atomic E-state index is -3.53. The molecule has 0 N–H and O–H groups in total. The summed E-state index contributed by atoms with van der Waals surface area (Å²) < 4.78 is 46.4. The third kappa shape index (κ3) is 3.21. The van der Waals surface area contributed by atoms with Gasteiger partial charge in [-0.05, 0) is 12.8 Å². The average molecular weight is 212 g/mol. The first-order chi connectivity index (χ1) is 6.02. The van der Waals surface area contributed by atoms with Gasteiger partial charge >= 0.3 is 0 Å². The van der Waals surface area contributed by atoms with Crippen LogP contribution in [-0.2, 0) is 9.84 Å². The lowest BCUT2D eigenvalue weighted by molar-refractivity contribution is 0.174. The van der Waals surface area contributed by atoms with E-state index in [4.69, 9.17) is 0 Å². The summed E-state index contributed by atoms with van der Waals surface area (Å²) in [6.07, 6.45) is 1.14. The van der Waals surface area contributed by atoms with Crippen molar-refractivity contribution in [1.29, 1.82) is 0 Å². The van der Waals surface area contributed by atoms with Crippen LogP contribution in [0.3, 0.4) is 0 Å². The van der Waals surface area contributed by atoms with Crippen LogP contribution in [-0.4, -0.2) is 25.8 Å². The summed E-state index contributed by atoms with van der Waals surface area (Å²) in [4.78, 5) is 0. The van der Waals surface area contributed by atoms with Gasteiger partial charge in [-0.1, -0.05) is 19.3 Å². The number of sulfone groups is 1. The van der Waals surface area contributed by atoms with Gasteiger partial charge in [-0.15, -0.1) is 0 Å². The van der Waals surface area contributed by atoms with Gasteiger partial charge in [-0.25, -0.2) is 17.2 Å². The maximum absolute atomic E-state index is 11.9. The second kappa shape index (κ2) is 4.35. The van der Waals surface area contributed by atoms with Crippen molar-refractivity contribution in [2.24, 2.45) is 0 Å². The van der Waals surface area contributed by atoms with Gasteiger partial charge in [-0.2, -0.15) is 0 Å². The highest BCUT2D eigenvalue weighted by Gasteiger charge is 2.29. The molecule has 0 atom stereocenters. The predicted octanol–water partition coefficient (Wildman–Crippen LogP) is 2.00. The van der Waals surface area contributed by atoms with Crippen LogP contribution in [0.5, 0.6) is 0 Å². The van der Waals surface area contributed by atoms with Crippen LogP contribution in [0.25, 0.3) is 0 Å². The molecule has 1 fully saturated rings. The van der Waals surface area contributed by atoms with Crippen molar-refractivity contribution in [1.82, 2.24) is 0 Å². The van der Waals surface area contributed by atoms with E-state index in [2.05, 4.69) is 0 Å². The van der Waals surface area contributed by atoms with Crippen molar-refractivity contribution >= 4 is 9.84 Å². The topological polar surface area (TPSA) is 34.1 Å². The Morgan fingerprint density at radius 2 is 1.69 bits per heavy atom.